The molecule has 0 radical (unpaired) electrons. The molecule has 0 fully saturated rings. The number of benzene rings is 3. The molecule has 4 heteroatoms. The van der Waals surface area contributed by atoms with Crippen LogP contribution in [0.3, 0.4) is 0 Å². The highest BCUT2D eigenvalue weighted by atomic mass is 19.4. The van der Waals surface area contributed by atoms with Crippen LogP contribution in [-0.4, -0.2) is 7.54 Å². The second kappa shape index (κ2) is 6.43. The van der Waals surface area contributed by atoms with Gasteiger partial charge in [-0.25, -0.2) is 0 Å². The zero-order valence-corrected chi connectivity index (χ0v) is 12.2. The third kappa shape index (κ3) is 2.96. The molecule has 1 aliphatic carbocycles. The molecule has 0 bridgehead atoms. The molecule has 0 atom stereocenters. The maximum Gasteiger partial charge on any atom is 0.762 e. The molecule has 0 nitrogen and oxygen atoms in total. The van der Waals surface area contributed by atoms with Crippen LogP contribution >= 0.6 is 0 Å². The lowest BCUT2D eigenvalue weighted by Crippen LogP contribution is -2.02. The van der Waals surface area contributed by atoms with Crippen LogP contribution < -0.4 is 0 Å². The Morgan fingerprint density at radius 2 is 1.36 bits per heavy atom. The Labute approximate surface area is 128 Å². The van der Waals surface area contributed by atoms with E-state index in [2.05, 4.69) is 48.5 Å². The summed E-state index contributed by atoms with van der Waals surface area (Å²) in [5.74, 6) is 0. The lowest BCUT2D eigenvalue weighted by Gasteiger charge is -2.18. The van der Waals surface area contributed by atoms with E-state index in [1.165, 1.54) is 47.2 Å². The van der Waals surface area contributed by atoms with Gasteiger partial charge in [-0.15, -0.1) is 0 Å². The van der Waals surface area contributed by atoms with Crippen molar-refractivity contribution >= 4 is 29.1 Å². The van der Waals surface area contributed by atoms with Crippen molar-refractivity contribution in [2.75, 3.05) is 0 Å². The van der Waals surface area contributed by atoms with Gasteiger partial charge in [-0.2, -0.15) is 0 Å². The zero-order valence-electron chi connectivity index (χ0n) is 12.2. The summed E-state index contributed by atoms with van der Waals surface area (Å²) in [7, 11) is -3.67. The van der Waals surface area contributed by atoms with E-state index in [1.54, 1.807) is 11.1 Å². The molecule has 3 aromatic rings. The molecule has 1 aliphatic rings. The van der Waals surface area contributed by atoms with E-state index in [-0.39, 0.29) is 0 Å². The van der Waals surface area contributed by atoms with Crippen LogP contribution in [0.1, 0.15) is 24.0 Å². The van der Waals surface area contributed by atoms with Crippen molar-refractivity contribution in [3.8, 4) is 0 Å². The number of hydrogen-bond acceptors (Lipinski definition) is 0. The number of rotatable bonds is 0. The average molecular weight is 300 g/mol. The Balaban J connectivity index is 0.000000325. The van der Waals surface area contributed by atoms with Gasteiger partial charge >= 0.3 is 7.54 Å². The minimum absolute atomic E-state index is 1.25. The van der Waals surface area contributed by atoms with Gasteiger partial charge in [0.05, 0.1) is 0 Å². The predicted molar refractivity (Wildman–Crippen MR) is 87.2 cm³/mol. The fourth-order valence-corrected chi connectivity index (χ4v) is 3.34. The van der Waals surface area contributed by atoms with Gasteiger partial charge in [0, 0.05) is 0 Å². The summed E-state index contributed by atoms with van der Waals surface area (Å²) < 4.78 is 29.0. The first-order chi connectivity index (χ1) is 10.7. The highest BCUT2D eigenvalue weighted by Gasteiger charge is 2.13. The smallest absolute Gasteiger partial charge is 0.254 e. The molecule has 0 saturated heterocycles. The van der Waals surface area contributed by atoms with Gasteiger partial charge in [-0.3, -0.25) is 12.9 Å². The number of aryl methyl sites for hydroxylation is 2. The van der Waals surface area contributed by atoms with Crippen LogP contribution in [0.4, 0.5) is 12.9 Å². The van der Waals surface area contributed by atoms with E-state index in [0.717, 1.165) is 0 Å². The summed E-state index contributed by atoms with van der Waals surface area (Å²) >= 11 is 0. The van der Waals surface area contributed by atoms with Gasteiger partial charge in [0.2, 0.25) is 0 Å². The van der Waals surface area contributed by atoms with Gasteiger partial charge in [0.15, 0.2) is 0 Å². The Morgan fingerprint density at radius 1 is 0.682 bits per heavy atom. The molecule has 22 heavy (non-hydrogen) atoms. The Kier molecular flexibility index (Phi) is 4.37. The summed E-state index contributed by atoms with van der Waals surface area (Å²) in [6.45, 7) is 0. The molecular weight excluding hydrogens is 284 g/mol. The lowest BCUT2D eigenvalue weighted by molar-refractivity contribution is 0.535. The summed E-state index contributed by atoms with van der Waals surface area (Å²) in [6, 6.07) is 18.0. The van der Waals surface area contributed by atoms with E-state index >= 15 is 0 Å². The largest absolute Gasteiger partial charge is 0.762 e. The molecule has 0 aliphatic heterocycles. The van der Waals surface area contributed by atoms with E-state index in [4.69, 9.17) is 0 Å². The van der Waals surface area contributed by atoms with E-state index in [1.807, 2.05) is 0 Å². The molecule has 0 heterocycles. The molecule has 3 aromatic carbocycles. The maximum absolute atomic E-state index is 9.67. The third-order valence-electron chi connectivity index (χ3n) is 4.26. The number of hydrogen-bond donors (Lipinski definition) is 0. The number of halogens is 3. The van der Waals surface area contributed by atoms with E-state index in [0.29, 0.717) is 0 Å². The van der Waals surface area contributed by atoms with Gasteiger partial charge in [-0.05, 0) is 58.4 Å². The molecular formula is C18H16BF3. The van der Waals surface area contributed by atoms with Crippen molar-refractivity contribution in [1.29, 1.82) is 0 Å². The number of fused-ring (bicyclic) bond motifs is 5. The van der Waals surface area contributed by atoms with E-state index in [9.17, 15) is 12.9 Å². The monoisotopic (exact) mass is 300 g/mol. The van der Waals surface area contributed by atoms with Gasteiger partial charge in [-0.1, -0.05) is 48.5 Å². The SMILES string of the molecule is FB(F)F.c1ccc2c(c1)ccc1c3c(ccc12)CCCC3. The first-order valence-electron chi connectivity index (χ1n) is 7.51. The normalized spacial score (nSPS) is 13.4. The average Bonchev–Trinajstić information content (AvgIpc) is 2.54. The molecule has 0 N–H and O–H groups in total. The maximum atomic E-state index is 9.67. The van der Waals surface area contributed by atoms with Crippen LogP contribution in [0.15, 0.2) is 48.5 Å². The summed E-state index contributed by atoms with van der Waals surface area (Å²) in [5, 5.41) is 5.64. The highest BCUT2D eigenvalue weighted by molar-refractivity contribution is 6.33. The first kappa shape index (κ1) is 15.0. The predicted octanol–water partition coefficient (Wildman–Crippen LogP) is 5.75. The first-order valence-corrected chi connectivity index (χ1v) is 7.51. The second-order valence-electron chi connectivity index (χ2n) is 5.54. The fraction of sp³-hybridized carbons (Fsp3) is 0.222. The van der Waals surface area contributed by atoms with Crippen LogP contribution in [0, 0.1) is 0 Å². The van der Waals surface area contributed by atoms with Crippen molar-refractivity contribution < 1.29 is 12.9 Å². The molecule has 0 aromatic heterocycles. The van der Waals surface area contributed by atoms with Crippen LogP contribution in [-0.2, 0) is 12.8 Å². The third-order valence-corrected chi connectivity index (χ3v) is 4.26. The minimum atomic E-state index is -3.67. The minimum Gasteiger partial charge on any atom is -0.254 e. The zero-order chi connectivity index (χ0) is 15.5. The summed E-state index contributed by atoms with van der Waals surface area (Å²) in [4.78, 5) is 0. The highest BCUT2D eigenvalue weighted by Crippen LogP contribution is 2.33. The summed E-state index contributed by atoms with van der Waals surface area (Å²) in [5.41, 5.74) is 3.17. The Bertz CT molecular complexity index is 796. The van der Waals surface area contributed by atoms with Gasteiger partial charge in [0.1, 0.15) is 0 Å². The standard InChI is InChI=1S/C18H16.BF3/c1-3-7-15-13(5-1)9-11-18-16-8-4-2-6-14(16)10-12-17(15)18;2-1(3)4/h1,3,5,7,9-12H,2,4,6,8H2;. The van der Waals surface area contributed by atoms with Gasteiger partial charge in [0.25, 0.3) is 0 Å². The van der Waals surface area contributed by atoms with Crippen LogP contribution in [0.25, 0.3) is 21.5 Å². The van der Waals surface area contributed by atoms with Crippen molar-refractivity contribution in [1.82, 2.24) is 0 Å². The van der Waals surface area contributed by atoms with Crippen LogP contribution in [0.2, 0.25) is 0 Å². The Morgan fingerprint density at radius 3 is 2.18 bits per heavy atom. The summed E-state index contributed by atoms with van der Waals surface area (Å²) in [6.07, 6.45) is 5.22. The van der Waals surface area contributed by atoms with Crippen molar-refractivity contribution in [2.24, 2.45) is 0 Å². The molecule has 0 amide bonds. The topological polar surface area (TPSA) is 0 Å². The Hall–Kier alpha value is -1.97. The van der Waals surface area contributed by atoms with Crippen molar-refractivity contribution in [3.63, 3.8) is 0 Å². The van der Waals surface area contributed by atoms with Crippen LogP contribution in [0.5, 0.6) is 0 Å². The van der Waals surface area contributed by atoms with E-state index < -0.39 is 7.54 Å². The molecule has 0 unspecified atom stereocenters. The van der Waals surface area contributed by atoms with Crippen molar-refractivity contribution in [2.45, 2.75) is 25.7 Å². The molecule has 0 spiro atoms. The lowest BCUT2D eigenvalue weighted by atomic mass is 9.86. The molecule has 112 valence electrons. The quantitative estimate of drug-likeness (QED) is 0.366. The second-order valence-corrected chi connectivity index (χ2v) is 5.54. The van der Waals surface area contributed by atoms with Gasteiger partial charge < -0.3 is 0 Å². The fourth-order valence-electron chi connectivity index (χ4n) is 3.34. The molecule has 0 saturated carbocycles. The molecule has 4 rings (SSSR count). The van der Waals surface area contributed by atoms with Crippen molar-refractivity contribution in [3.05, 3.63) is 59.7 Å².